The zero-order valence-electron chi connectivity index (χ0n) is 11.1. The molecule has 1 heterocycles. The van der Waals surface area contributed by atoms with Crippen molar-refractivity contribution in [2.75, 3.05) is 51.6 Å². The number of rotatable bonds is 6. The molecule has 0 atom stereocenters. The number of benzene rings is 1. The number of nitrogens with zero attached hydrogens (tertiary/aromatic N) is 2. The van der Waals surface area contributed by atoms with Crippen LogP contribution in [0.4, 0.5) is 0 Å². The van der Waals surface area contributed by atoms with E-state index in [-0.39, 0.29) is 6.61 Å². The number of hydrogen-bond donors (Lipinski definition) is 1. The number of aliphatic hydroxyl groups excluding tert-OH is 1. The van der Waals surface area contributed by atoms with Crippen LogP contribution in [0, 0.1) is 0 Å². The van der Waals surface area contributed by atoms with Gasteiger partial charge >= 0.3 is 0 Å². The molecule has 106 valence electrons. The number of aliphatic hydroxyl groups is 1. The Labute approximate surface area is 124 Å². The summed E-state index contributed by atoms with van der Waals surface area (Å²) in [6.45, 7) is 6.58. The molecule has 0 bridgehead atoms. The molecule has 1 saturated heterocycles. The molecule has 0 unspecified atom stereocenters. The predicted octanol–water partition coefficient (Wildman–Crippen LogP) is 2.04. The maximum atomic E-state index is 8.90. The highest BCUT2D eigenvalue weighted by molar-refractivity contribution is 7.99. The van der Waals surface area contributed by atoms with Crippen LogP contribution in [0.15, 0.2) is 29.2 Å². The molecular formula is C14H21ClN2OS. The Morgan fingerprint density at radius 2 is 1.58 bits per heavy atom. The highest BCUT2D eigenvalue weighted by Gasteiger charge is 2.15. The summed E-state index contributed by atoms with van der Waals surface area (Å²) in [6, 6.07) is 8.04. The van der Waals surface area contributed by atoms with Crippen LogP contribution >= 0.6 is 23.4 Å². The number of halogens is 1. The SMILES string of the molecule is OCCN1CCN(CCSc2ccc(Cl)cc2)CC1. The summed E-state index contributed by atoms with van der Waals surface area (Å²) in [5, 5.41) is 9.70. The molecular weight excluding hydrogens is 280 g/mol. The molecule has 1 fully saturated rings. The predicted molar refractivity (Wildman–Crippen MR) is 82.1 cm³/mol. The summed E-state index contributed by atoms with van der Waals surface area (Å²) in [6.07, 6.45) is 0. The van der Waals surface area contributed by atoms with Crippen molar-refractivity contribution >= 4 is 23.4 Å². The van der Waals surface area contributed by atoms with Gasteiger partial charge in [-0.05, 0) is 24.3 Å². The van der Waals surface area contributed by atoms with E-state index in [2.05, 4.69) is 21.9 Å². The monoisotopic (exact) mass is 300 g/mol. The molecule has 1 aliphatic heterocycles. The first-order valence-corrected chi connectivity index (χ1v) is 8.08. The van der Waals surface area contributed by atoms with E-state index in [9.17, 15) is 0 Å². The van der Waals surface area contributed by atoms with E-state index >= 15 is 0 Å². The Balaban J connectivity index is 1.63. The maximum absolute atomic E-state index is 8.90. The zero-order valence-corrected chi connectivity index (χ0v) is 12.7. The lowest BCUT2D eigenvalue weighted by molar-refractivity contribution is 0.117. The van der Waals surface area contributed by atoms with Crippen LogP contribution in [-0.4, -0.2) is 66.5 Å². The Morgan fingerprint density at radius 3 is 2.16 bits per heavy atom. The standard InChI is InChI=1S/C14H21ClN2OS/c15-13-1-3-14(4-2-13)19-12-10-17-7-5-16(6-8-17)9-11-18/h1-4,18H,5-12H2. The quantitative estimate of drug-likeness (QED) is 0.814. The van der Waals surface area contributed by atoms with Gasteiger partial charge in [-0.3, -0.25) is 9.80 Å². The highest BCUT2D eigenvalue weighted by Crippen LogP contribution is 2.20. The summed E-state index contributed by atoms with van der Waals surface area (Å²) in [4.78, 5) is 6.10. The van der Waals surface area contributed by atoms with Crippen molar-refractivity contribution in [3.8, 4) is 0 Å². The van der Waals surface area contributed by atoms with Gasteiger partial charge in [0.05, 0.1) is 6.61 Å². The fourth-order valence-corrected chi connectivity index (χ4v) is 3.24. The lowest BCUT2D eigenvalue weighted by Gasteiger charge is -2.34. The fraction of sp³-hybridized carbons (Fsp3) is 0.571. The van der Waals surface area contributed by atoms with Crippen molar-refractivity contribution in [3.05, 3.63) is 29.3 Å². The first-order chi connectivity index (χ1) is 9.28. The van der Waals surface area contributed by atoms with Gasteiger partial charge in [0.2, 0.25) is 0 Å². The number of piperazine rings is 1. The number of β-amino-alcohol motifs (C(OH)–C–C–N with tert-alkyl or cyclic N) is 1. The average Bonchev–Trinajstić information content (AvgIpc) is 2.43. The first kappa shape index (κ1) is 15.1. The molecule has 1 N–H and O–H groups in total. The van der Waals surface area contributed by atoms with Crippen LogP contribution < -0.4 is 0 Å². The Kier molecular flexibility index (Phi) is 6.47. The highest BCUT2D eigenvalue weighted by atomic mass is 35.5. The minimum atomic E-state index is 0.270. The molecule has 0 aromatic heterocycles. The molecule has 2 rings (SSSR count). The van der Waals surface area contributed by atoms with Crippen LogP contribution in [0.2, 0.25) is 5.02 Å². The van der Waals surface area contributed by atoms with Crippen molar-refractivity contribution < 1.29 is 5.11 Å². The fourth-order valence-electron chi connectivity index (χ4n) is 2.20. The second-order valence-corrected chi connectivity index (χ2v) is 6.31. The Morgan fingerprint density at radius 1 is 1.00 bits per heavy atom. The molecule has 1 aromatic rings. The van der Waals surface area contributed by atoms with Gasteiger partial charge in [0.25, 0.3) is 0 Å². The van der Waals surface area contributed by atoms with Crippen LogP contribution in [0.3, 0.4) is 0 Å². The van der Waals surface area contributed by atoms with Gasteiger partial charge in [-0.15, -0.1) is 11.8 Å². The molecule has 0 spiro atoms. The van der Waals surface area contributed by atoms with E-state index in [1.54, 1.807) is 0 Å². The molecule has 3 nitrogen and oxygen atoms in total. The van der Waals surface area contributed by atoms with E-state index in [4.69, 9.17) is 16.7 Å². The van der Waals surface area contributed by atoms with Crippen molar-refractivity contribution in [2.45, 2.75) is 4.90 Å². The van der Waals surface area contributed by atoms with Gasteiger partial charge in [-0.1, -0.05) is 11.6 Å². The van der Waals surface area contributed by atoms with Crippen LogP contribution in [0.1, 0.15) is 0 Å². The molecule has 5 heteroatoms. The molecule has 0 radical (unpaired) electrons. The molecule has 0 amide bonds. The van der Waals surface area contributed by atoms with Gasteiger partial charge in [0.1, 0.15) is 0 Å². The number of hydrogen-bond acceptors (Lipinski definition) is 4. The summed E-state index contributed by atoms with van der Waals surface area (Å²) >= 11 is 7.75. The molecule has 0 aliphatic carbocycles. The minimum Gasteiger partial charge on any atom is -0.395 e. The van der Waals surface area contributed by atoms with E-state index in [1.165, 1.54) is 4.90 Å². The van der Waals surface area contributed by atoms with Crippen molar-refractivity contribution in [2.24, 2.45) is 0 Å². The second kappa shape index (κ2) is 8.12. The minimum absolute atomic E-state index is 0.270. The van der Waals surface area contributed by atoms with E-state index in [1.807, 2.05) is 23.9 Å². The first-order valence-electron chi connectivity index (χ1n) is 6.72. The van der Waals surface area contributed by atoms with Crippen molar-refractivity contribution in [1.82, 2.24) is 9.80 Å². The van der Waals surface area contributed by atoms with E-state index in [0.717, 1.165) is 50.0 Å². The summed E-state index contributed by atoms with van der Waals surface area (Å²) in [5.74, 6) is 1.11. The van der Waals surface area contributed by atoms with Crippen LogP contribution in [0.25, 0.3) is 0 Å². The second-order valence-electron chi connectivity index (χ2n) is 4.71. The summed E-state index contributed by atoms with van der Waals surface area (Å²) in [7, 11) is 0. The Hall–Kier alpha value is -0.260. The lowest BCUT2D eigenvalue weighted by Crippen LogP contribution is -2.47. The van der Waals surface area contributed by atoms with Crippen LogP contribution in [0.5, 0.6) is 0 Å². The molecule has 0 saturated carbocycles. The lowest BCUT2D eigenvalue weighted by atomic mass is 10.3. The van der Waals surface area contributed by atoms with Gasteiger partial charge in [-0.25, -0.2) is 0 Å². The average molecular weight is 301 g/mol. The van der Waals surface area contributed by atoms with Gasteiger partial charge in [0, 0.05) is 54.9 Å². The van der Waals surface area contributed by atoms with Crippen molar-refractivity contribution in [1.29, 1.82) is 0 Å². The molecule has 1 aromatic carbocycles. The van der Waals surface area contributed by atoms with Gasteiger partial charge in [0.15, 0.2) is 0 Å². The largest absolute Gasteiger partial charge is 0.395 e. The third-order valence-electron chi connectivity index (χ3n) is 3.37. The van der Waals surface area contributed by atoms with Gasteiger partial charge < -0.3 is 5.11 Å². The third-order valence-corrected chi connectivity index (χ3v) is 4.62. The topological polar surface area (TPSA) is 26.7 Å². The van der Waals surface area contributed by atoms with E-state index < -0.39 is 0 Å². The van der Waals surface area contributed by atoms with Crippen LogP contribution in [-0.2, 0) is 0 Å². The Bertz CT molecular complexity index is 366. The summed E-state index contributed by atoms with van der Waals surface area (Å²) < 4.78 is 0. The van der Waals surface area contributed by atoms with Gasteiger partial charge in [-0.2, -0.15) is 0 Å². The normalized spacial score (nSPS) is 17.8. The summed E-state index contributed by atoms with van der Waals surface area (Å²) in [5.41, 5.74) is 0. The van der Waals surface area contributed by atoms with Crippen molar-refractivity contribution in [3.63, 3.8) is 0 Å². The third kappa shape index (κ3) is 5.32. The molecule has 19 heavy (non-hydrogen) atoms. The zero-order chi connectivity index (χ0) is 13.5. The molecule has 1 aliphatic rings. The maximum Gasteiger partial charge on any atom is 0.0558 e. The number of thioether (sulfide) groups is 1. The van der Waals surface area contributed by atoms with E-state index in [0.29, 0.717) is 0 Å². The smallest absolute Gasteiger partial charge is 0.0558 e.